The molecule has 2 aromatic rings. The van der Waals surface area contributed by atoms with E-state index in [1.807, 2.05) is 39.4 Å². The normalized spacial score (nSPS) is 12.9. The van der Waals surface area contributed by atoms with Gasteiger partial charge in [0, 0.05) is 23.9 Å². The smallest absolute Gasteiger partial charge is 0.242 e. The molecule has 1 aromatic carbocycles. The van der Waals surface area contributed by atoms with Gasteiger partial charge in [0.25, 0.3) is 0 Å². The highest BCUT2D eigenvalue weighted by atomic mass is 32.1. The topological polar surface area (TPSA) is 40.6 Å². The molecule has 2 unspecified atom stereocenters. The van der Waals surface area contributed by atoms with Crippen LogP contribution >= 0.6 is 11.3 Å². The van der Waals surface area contributed by atoms with Crippen molar-refractivity contribution in [2.24, 2.45) is 11.8 Å². The van der Waals surface area contributed by atoms with Crippen molar-refractivity contribution in [3.63, 3.8) is 0 Å². The Morgan fingerprint density at radius 1 is 0.938 bits per heavy atom. The van der Waals surface area contributed by atoms with Gasteiger partial charge in [0.1, 0.15) is 0 Å². The van der Waals surface area contributed by atoms with E-state index in [1.54, 1.807) is 11.3 Å². The molecule has 4 nitrogen and oxygen atoms in total. The van der Waals surface area contributed by atoms with Crippen molar-refractivity contribution in [1.82, 2.24) is 9.80 Å². The molecule has 5 heteroatoms. The van der Waals surface area contributed by atoms with Gasteiger partial charge in [-0.3, -0.25) is 9.59 Å². The van der Waals surface area contributed by atoms with Gasteiger partial charge in [-0.25, -0.2) is 0 Å². The van der Waals surface area contributed by atoms with Crippen LogP contribution in [-0.2, 0) is 22.7 Å². The summed E-state index contributed by atoms with van der Waals surface area (Å²) in [6.07, 6.45) is 4.85. The lowest BCUT2D eigenvalue weighted by Gasteiger charge is -2.31. The van der Waals surface area contributed by atoms with Crippen molar-refractivity contribution in [1.29, 1.82) is 0 Å². The predicted molar refractivity (Wildman–Crippen MR) is 134 cm³/mol. The number of thiophene rings is 1. The first-order valence-corrected chi connectivity index (χ1v) is 13.0. The Hall–Kier alpha value is -2.14. The number of unbranched alkanes of at least 4 members (excludes halogenated alkanes) is 1. The number of carbonyl (C=O) groups excluding carboxylic acids is 2. The molecule has 0 N–H and O–H groups in total. The van der Waals surface area contributed by atoms with Gasteiger partial charge in [0.05, 0.1) is 13.1 Å². The van der Waals surface area contributed by atoms with Crippen LogP contribution < -0.4 is 0 Å². The second kappa shape index (κ2) is 14.1. The molecule has 32 heavy (non-hydrogen) atoms. The molecule has 0 fully saturated rings. The first kappa shape index (κ1) is 26.1. The number of hydrogen-bond acceptors (Lipinski definition) is 3. The number of rotatable bonds is 14. The van der Waals surface area contributed by atoms with Crippen molar-refractivity contribution in [3.05, 3.63) is 58.3 Å². The second-order valence-corrected chi connectivity index (χ2v) is 9.83. The molecule has 0 aliphatic rings. The first-order chi connectivity index (χ1) is 15.5. The summed E-state index contributed by atoms with van der Waals surface area (Å²) in [6, 6.07) is 14.2. The largest absolute Gasteiger partial charge is 0.333 e. The van der Waals surface area contributed by atoms with Gasteiger partial charge < -0.3 is 9.80 Å². The van der Waals surface area contributed by atoms with Crippen molar-refractivity contribution < 1.29 is 9.59 Å². The molecule has 1 aromatic heterocycles. The van der Waals surface area contributed by atoms with Crippen LogP contribution in [0.15, 0.2) is 47.8 Å². The fourth-order valence-electron chi connectivity index (χ4n) is 3.84. The Labute approximate surface area is 198 Å². The minimum atomic E-state index is 0.00618. The summed E-state index contributed by atoms with van der Waals surface area (Å²) in [4.78, 5) is 31.8. The fraction of sp³-hybridized carbons (Fsp3) is 0.556. The Balaban J connectivity index is 2.19. The third kappa shape index (κ3) is 8.42. The van der Waals surface area contributed by atoms with E-state index < -0.39 is 0 Å². The number of benzene rings is 1. The summed E-state index contributed by atoms with van der Waals surface area (Å²) in [5, 5.41) is 2.04. The number of carbonyl (C=O) groups is 2. The Morgan fingerprint density at radius 3 is 2.28 bits per heavy atom. The molecule has 1 heterocycles. The Bertz CT molecular complexity index is 791. The standard InChI is InChI=1S/C27H40N2O2S/c1-5-8-15-24(7-3)27(31)29(18-22(4)6-2)21-26(30)28(20-25-16-12-17-32-25)19-23-13-10-9-11-14-23/h9-14,16-17,22,24H,5-8,15,18-21H2,1-4H3. The maximum absolute atomic E-state index is 13.5. The molecule has 0 aliphatic heterocycles. The zero-order valence-electron chi connectivity index (χ0n) is 20.3. The monoisotopic (exact) mass is 456 g/mol. The summed E-state index contributed by atoms with van der Waals surface area (Å²) < 4.78 is 0. The Kier molecular flexibility index (Phi) is 11.5. The van der Waals surface area contributed by atoms with Gasteiger partial charge in [0.2, 0.25) is 11.8 Å². The van der Waals surface area contributed by atoms with E-state index in [9.17, 15) is 9.59 Å². The lowest BCUT2D eigenvalue weighted by molar-refractivity contribution is -0.144. The van der Waals surface area contributed by atoms with E-state index in [0.29, 0.717) is 25.6 Å². The molecule has 2 amide bonds. The second-order valence-electron chi connectivity index (χ2n) is 8.79. The molecule has 0 aliphatic carbocycles. The number of amides is 2. The number of hydrogen-bond donors (Lipinski definition) is 0. The lowest BCUT2D eigenvalue weighted by Crippen LogP contribution is -2.46. The van der Waals surface area contributed by atoms with Gasteiger partial charge >= 0.3 is 0 Å². The van der Waals surface area contributed by atoms with Crippen LogP contribution in [-0.4, -0.2) is 34.7 Å². The van der Waals surface area contributed by atoms with Gasteiger partial charge in [-0.15, -0.1) is 11.3 Å². The van der Waals surface area contributed by atoms with Crippen LogP contribution in [0.25, 0.3) is 0 Å². The van der Waals surface area contributed by atoms with Crippen LogP contribution in [0.3, 0.4) is 0 Å². The highest BCUT2D eigenvalue weighted by Crippen LogP contribution is 2.19. The molecular formula is C27H40N2O2S. The van der Waals surface area contributed by atoms with E-state index in [1.165, 1.54) is 0 Å². The Morgan fingerprint density at radius 2 is 1.69 bits per heavy atom. The predicted octanol–water partition coefficient (Wildman–Crippen LogP) is 6.37. The van der Waals surface area contributed by atoms with Crippen LogP contribution in [0.2, 0.25) is 0 Å². The summed E-state index contributed by atoms with van der Waals surface area (Å²) >= 11 is 1.66. The number of nitrogens with zero attached hydrogens (tertiary/aromatic N) is 2. The molecule has 0 bridgehead atoms. The van der Waals surface area contributed by atoms with Crippen LogP contribution in [0.5, 0.6) is 0 Å². The zero-order valence-corrected chi connectivity index (χ0v) is 21.1. The molecule has 0 radical (unpaired) electrons. The van der Waals surface area contributed by atoms with Crippen LogP contribution in [0, 0.1) is 11.8 Å². The van der Waals surface area contributed by atoms with E-state index in [2.05, 4.69) is 45.9 Å². The maximum Gasteiger partial charge on any atom is 0.242 e. The quantitative estimate of drug-likeness (QED) is 0.331. The van der Waals surface area contributed by atoms with E-state index in [4.69, 9.17) is 0 Å². The van der Waals surface area contributed by atoms with Crippen molar-refractivity contribution in [2.45, 2.75) is 72.9 Å². The van der Waals surface area contributed by atoms with E-state index >= 15 is 0 Å². The minimum Gasteiger partial charge on any atom is -0.333 e. The molecule has 2 rings (SSSR count). The zero-order chi connectivity index (χ0) is 23.3. The highest BCUT2D eigenvalue weighted by molar-refractivity contribution is 7.09. The van der Waals surface area contributed by atoms with Gasteiger partial charge in [-0.05, 0) is 35.8 Å². The summed E-state index contributed by atoms with van der Waals surface area (Å²) in [5.41, 5.74) is 1.10. The average molecular weight is 457 g/mol. The lowest BCUT2D eigenvalue weighted by atomic mass is 9.97. The highest BCUT2D eigenvalue weighted by Gasteiger charge is 2.27. The molecule has 0 saturated carbocycles. The SMILES string of the molecule is CCCCC(CC)C(=O)N(CC(=O)N(Cc1ccccc1)Cc1cccs1)CC(C)CC. The molecule has 176 valence electrons. The molecule has 0 saturated heterocycles. The van der Waals surface area contributed by atoms with Crippen molar-refractivity contribution >= 4 is 23.2 Å². The van der Waals surface area contributed by atoms with E-state index in [0.717, 1.165) is 42.5 Å². The molecule has 0 spiro atoms. The summed E-state index contributed by atoms with van der Waals surface area (Å²) in [5.74, 6) is 0.539. The molecular weight excluding hydrogens is 416 g/mol. The maximum atomic E-state index is 13.5. The van der Waals surface area contributed by atoms with Crippen LogP contribution in [0.4, 0.5) is 0 Å². The summed E-state index contributed by atoms with van der Waals surface area (Å²) in [6.45, 7) is 10.5. The van der Waals surface area contributed by atoms with Gasteiger partial charge in [-0.1, -0.05) is 83.4 Å². The first-order valence-electron chi connectivity index (χ1n) is 12.1. The van der Waals surface area contributed by atoms with Crippen molar-refractivity contribution in [3.8, 4) is 0 Å². The minimum absolute atomic E-state index is 0.00618. The van der Waals surface area contributed by atoms with E-state index in [-0.39, 0.29) is 24.3 Å². The average Bonchev–Trinajstić information content (AvgIpc) is 3.32. The third-order valence-electron chi connectivity index (χ3n) is 6.11. The fourth-order valence-corrected chi connectivity index (χ4v) is 4.56. The third-order valence-corrected chi connectivity index (χ3v) is 6.97. The van der Waals surface area contributed by atoms with Crippen LogP contribution in [0.1, 0.15) is 70.2 Å². The molecule has 2 atom stereocenters. The van der Waals surface area contributed by atoms with Crippen molar-refractivity contribution in [2.75, 3.05) is 13.1 Å². The van der Waals surface area contributed by atoms with Gasteiger partial charge in [0.15, 0.2) is 0 Å². The van der Waals surface area contributed by atoms with Gasteiger partial charge in [-0.2, -0.15) is 0 Å². The summed E-state index contributed by atoms with van der Waals surface area (Å²) in [7, 11) is 0.